The van der Waals surface area contributed by atoms with Crippen LogP contribution in [0, 0.1) is 5.82 Å². The van der Waals surface area contributed by atoms with Gasteiger partial charge in [-0.05, 0) is 35.9 Å². The Labute approximate surface area is 159 Å². The van der Waals surface area contributed by atoms with Crippen molar-refractivity contribution in [1.29, 1.82) is 0 Å². The fourth-order valence-electron chi connectivity index (χ4n) is 2.25. The quantitative estimate of drug-likeness (QED) is 0.485. The number of amides is 1. The number of rotatable bonds is 6. The molecule has 1 heterocycles. The van der Waals surface area contributed by atoms with Crippen molar-refractivity contribution in [2.24, 2.45) is 0 Å². The molecule has 0 spiro atoms. The molecule has 7 nitrogen and oxygen atoms in total. The first-order valence-corrected chi connectivity index (χ1v) is 8.32. The molecule has 1 aromatic heterocycles. The van der Waals surface area contributed by atoms with Crippen molar-refractivity contribution in [2.45, 2.75) is 6.54 Å². The normalized spacial score (nSPS) is 10.3. The first kappa shape index (κ1) is 18.4. The summed E-state index contributed by atoms with van der Waals surface area (Å²) in [6.07, 6.45) is 1.30. The number of carbonyl (C=O) groups is 1. The molecule has 0 aliphatic heterocycles. The first-order chi connectivity index (χ1) is 13.0. The smallest absolute Gasteiger partial charge is 0.269 e. The highest BCUT2D eigenvalue weighted by atomic mass is 35.5. The van der Waals surface area contributed by atoms with Gasteiger partial charge in [0, 0.05) is 17.1 Å². The SMILES string of the molecule is Nc1c(NCc2ccccc2Cl)ncnc1NNC(=O)c1ccc(F)cc1. The molecule has 3 rings (SSSR count). The number of nitrogens with zero attached hydrogens (tertiary/aromatic N) is 2. The molecular weight excluding hydrogens is 371 g/mol. The standard InChI is InChI=1S/C18H16ClFN6O/c19-14-4-2-1-3-12(14)9-22-16-15(21)17(24-10-23-16)25-26-18(27)11-5-7-13(20)8-6-11/h1-8,10H,9,21H2,(H,26,27)(H2,22,23,24,25). The lowest BCUT2D eigenvalue weighted by Crippen LogP contribution is -2.30. The second-order valence-electron chi connectivity index (χ2n) is 5.52. The van der Waals surface area contributed by atoms with Gasteiger partial charge in [0.1, 0.15) is 17.8 Å². The minimum Gasteiger partial charge on any atom is -0.393 e. The molecule has 5 N–H and O–H groups in total. The van der Waals surface area contributed by atoms with Crippen LogP contribution in [0.1, 0.15) is 15.9 Å². The Morgan fingerprint density at radius 3 is 2.52 bits per heavy atom. The molecule has 27 heavy (non-hydrogen) atoms. The van der Waals surface area contributed by atoms with Gasteiger partial charge in [-0.25, -0.2) is 14.4 Å². The van der Waals surface area contributed by atoms with Gasteiger partial charge in [-0.3, -0.25) is 15.6 Å². The van der Waals surface area contributed by atoms with Gasteiger partial charge in [0.2, 0.25) is 0 Å². The average Bonchev–Trinajstić information content (AvgIpc) is 2.67. The Hall–Kier alpha value is -3.39. The van der Waals surface area contributed by atoms with E-state index >= 15 is 0 Å². The van der Waals surface area contributed by atoms with E-state index in [9.17, 15) is 9.18 Å². The maximum atomic E-state index is 12.9. The zero-order chi connectivity index (χ0) is 19.2. The van der Waals surface area contributed by atoms with Gasteiger partial charge < -0.3 is 11.1 Å². The van der Waals surface area contributed by atoms with E-state index in [-0.39, 0.29) is 17.1 Å². The fraction of sp³-hybridized carbons (Fsp3) is 0.0556. The molecule has 0 bridgehead atoms. The third-order valence-electron chi connectivity index (χ3n) is 3.69. The van der Waals surface area contributed by atoms with Crippen LogP contribution < -0.4 is 21.9 Å². The molecule has 1 amide bonds. The van der Waals surface area contributed by atoms with Crippen LogP contribution in [0.15, 0.2) is 54.9 Å². The molecule has 138 valence electrons. The Bertz CT molecular complexity index is 951. The van der Waals surface area contributed by atoms with E-state index in [0.29, 0.717) is 17.4 Å². The zero-order valence-corrected chi connectivity index (χ0v) is 14.8. The minimum absolute atomic E-state index is 0.224. The van der Waals surface area contributed by atoms with E-state index < -0.39 is 11.7 Å². The van der Waals surface area contributed by atoms with E-state index in [2.05, 4.69) is 26.1 Å². The highest BCUT2D eigenvalue weighted by Crippen LogP contribution is 2.23. The number of aromatic nitrogens is 2. The number of hydrazine groups is 1. The monoisotopic (exact) mass is 386 g/mol. The third kappa shape index (κ3) is 4.62. The van der Waals surface area contributed by atoms with Gasteiger partial charge in [0.15, 0.2) is 11.6 Å². The van der Waals surface area contributed by atoms with Crippen molar-refractivity contribution in [1.82, 2.24) is 15.4 Å². The van der Waals surface area contributed by atoms with Crippen LogP contribution in [0.5, 0.6) is 0 Å². The van der Waals surface area contributed by atoms with E-state index in [0.717, 1.165) is 5.56 Å². The van der Waals surface area contributed by atoms with Crippen molar-refractivity contribution in [3.05, 3.63) is 76.8 Å². The van der Waals surface area contributed by atoms with Crippen molar-refractivity contribution in [3.63, 3.8) is 0 Å². The summed E-state index contributed by atoms with van der Waals surface area (Å²) in [5.41, 5.74) is 12.5. The summed E-state index contributed by atoms with van der Waals surface area (Å²) in [6, 6.07) is 12.5. The van der Waals surface area contributed by atoms with E-state index in [1.807, 2.05) is 18.2 Å². The molecule has 0 atom stereocenters. The van der Waals surface area contributed by atoms with Gasteiger partial charge in [0.25, 0.3) is 5.91 Å². The van der Waals surface area contributed by atoms with Crippen LogP contribution in [0.25, 0.3) is 0 Å². The number of nitrogen functional groups attached to an aromatic ring is 1. The lowest BCUT2D eigenvalue weighted by molar-refractivity contribution is 0.0962. The average molecular weight is 387 g/mol. The minimum atomic E-state index is -0.460. The first-order valence-electron chi connectivity index (χ1n) is 7.94. The molecule has 0 radical (unpaired) electrons. The van der Waals surface area contributed by atoms with Crippen molar-refractivity contribution in [3.8, 4) is 0 Å². The third-order valence-corrected chi connectivity index (χ3v) is 4.06. The Kier molecular flexibility index (Phi) is 5.68. The lowest BCUT2D eigenvalue weighted by atomic mass is 10.2. The predicted molar refractivity (Wildman–Crippen MR) is 103 cm³/mol. The van der Waals surface area contributed by atoms with E-state index in [1.165, 1.54) is 30.6 Å². The second kappa shape index (κ2) is 8.33. The summed E-state index contributed by atoms with van der Waals surface area (Å²) < 4.78 is 12.9. The number of benzene rings is 2. The molecule has 0 saturated heterocycles. The van der Waals surface area contributed by atoms with Crippen LogP contribution in [0.2, 0.25) is 5.02 Å². The number of hydrogen-bond donors (Lipinski definition) is 4. The molecule has 0 fully saturated rings. The van der Waals surface area contributed by atoms with Crippen molar-refractivity contribution < 1.29 is 9.18 Å². The van der Waals surface area contributed by atoms with Crippen molar-refractivity contribution in [2.75, 3.05) is 16.5 Å². The number of halogens is 2. The highest BCUT2D eigenvalue weighted by Gasteiger charge is 2.11. The Morgan fingerprint density at radius 2 is 1.78 bits per heavy atom. The number of nitrogens with two attached hydrogens (primary N) is 1. The number of carbonyl (C=O) groups excluding carboxylic acids is 1. The number of hydrogen-bond acceptors (Lipinski definition) is 6. The summed E-state index contributed by atoms with van der Waals surface area (Å²) in [7, 11) is 0. The van der Waals surface area contributed by atoms with Gasteiger partial charge in [-0.1, -0.05) is 29.8 Å². The van der Waals surface area contributed by atoms with Gasteiger partial charge in [-0.2, -0.15) is 0 Å². The largest absolute Gasteiger partial charge is 0.393 e. The maximum absolute atomic E-state index is 12.9. The number of anilines is 3. The molecular formula is C18H16ClFN6O. The summed E-state index contributed by atoms with van der Waals surface area (Å²) in [5.74, 6) is -0.266. The molecule has 2 aromatic carbocycles. The van der Waals surface area contributed by atoms with Crippen LogP contribution in [-0.4, -0.2) is 15.9 Å². The predicted octanol–water partition coefficient (Wildman–Crippen LogP) is 3.22. The zero-order valence-electron chi connectivity index (χ0n) is 14.0. The highest BCUT2D eigenvalue weighted by molar-refractivity contribution is 6.31. The maximum Gasteiger partial charge on any atom is 0.269 e. The van der Waals surface area contributed by atoms with E-state index in [4.69, 9.17) is 17.3 Å². The lowest BCUT2D eigenvalue weighted by Gasteiger charge is -2.13. The van der Waals surface area contributed by atoms with Gasteiger partial charge in [-0.15, -0.1) is 0 Å². The molecule has 3 aromatic rings. The molecule has 9 heteroatoms. The second-order valence-corrected chi connectivity index (χ2v) is 5.92. The van der Waals surface area contributed by atoms with Gasteiger partial charge >= 0.3 is 0 Å². The topological polar surface area (TPSA) is 105 Å². The summed E-state index contributed by atoms with van der Waals surface area (Å²) >= 11 is 6.13. The Balaban J connectivity index is 1.65. The summed E-state index contributed by atoms with van der Waals surface area (Å²) in [6.45, 7) is 0.419. The molecule has 0 aliphatic carbocycles. The number of nitrogens with one attached hydrogen (secondary N) is 3. The van der Waals surface area contributed by atoms with Crippen LogP contribution in [0.4, 0.5) is 21.7 Å². The van der Waals surface area contributed by atoms with Crippen LogP contribution >= 0.6 is 11.6 Å². The summed E-state index contributed by atoms with van der Waals surface area (Å²) in [4.78, 5) is 20.2. The van der Waals surface area contributed by atoms with Crippen molar-refractivity contribution >= 4 is 34.8 Å². The molecule has 0 unspecified atom stereocenters. The van der Waals surface area contributed by atoms with Crippen LogP contribution in [0.3, 0.4) is 0 Å². The Morgan fingerprint density at radius 1 is 1.07 bits per heavy atom. The van der Waals surface area contributed by atoms with Crippen LogP contribution in [-0.2, 0) is 6.54 Å². The molecule has 0 aliphatic rings. The summed E-state index contributed by atoms with van der Waals surface area (Å²) in [5, 5.41) is 3.71. The molecule has 0 saturated carbocycles. The van der Waals surface area contributed by atoms with E-state index in [1.54, 1.807) is 6.07 Å². The van der Waals surface area contributed by atoms with Gasteiger partial charge in [0.05, 0.1) is 0 Å². The fourth-order valence-corrected chi connectivity index (χ4v) is 2.45.